The van der Waals surface area contributed by atoms with Crippen LogP contribution in [0, 0.1) is 6.92 Å². The van der Waals surface area contributed by atoms with E-state index in [4.69, 9.17) is 17.3 Å². The van der Waals surface area contributed by atoms with Gasteiger partial charge < -0.3 is 5.73 Å². The van der Waals surface area contributed by atoms with Crippen LogP contribution in [-0.4, -0.2) is 9.97 Å². The summed E-state index contributed by atoms with van der Waals surface area (Å²) in [5, 5.41) is 2.66. The minimum absolute atomic E-state index is 0.246. The Kier molecular flexibility index (Phi) is 3.35. The molecule has 3 nitrogen and oxygen atoms in total. The second-order valence-corrected chi connectivity index (χ2v) is 5.52. The average Bonchev–Trinajstić information content (AvgIpc) is 2.68. The number of nitrogen functional groups attached to an aromatic ring is 1. The molecule has 90 valence electrons. The SMILES string of the molecule is Cc1c(N)nc(C(C)C)nc1-c1sccc1Cl. The number of aromatic nitrogens is 2. The third kappa shape index (κ3) is 2.28. The zero-order valence-corrected chi connectivity index (χ0v) is 11.6. The molecule has 0 aliphatic carbocycles. The third-order valence-electron chi connectivity index (χ3n) is 2.55. The molecule has 0 bridgehead atoms. The molecule has 0 aliphatic heterocycles. The van der Waals surface area contributed by atoms with Crippen LogP contribution >= 0.6 is 22.9 Å². The molecular formula is C12H14ClN3S. The first-order valence-corrected chi connectivity index (χ1v) is 6.63. The number of halogens is 1. The first-order chi connectivity index (χ1) is 8.00. The molecule has 17 heavy (non-hydrogen) atoms. The minimum Gasteiger partial charge on any atom is -0.383 e. The highest BCUT2D eigenvalue weighted by Crippen LogP contribution is 2.35. The molecule has 2 N–H and O–H groups in total. The van der Waals surface area contributed by atoms with Gasteiger partial charge in [0.05, 0.1) is 15.6 Å². The van der Waals surface area contributed by atoms with E-state index in [1.54, 1.807) is 11.3 Å². The van der Waals surface area contributed by atoms with E-state index in [1.165, 1.54) is 0 Å². The lowest BCUT2D eigenvalue weighted by Crippen LogP contribution is -2.05. The Balaban J connectivity index is 2.65. The number of nitrogens with two attached hydrogens (primary N) is 1. The number of anilines is 1. The highest BCUT2D eigenvalue weighted by molar-refractivity contribution is 7.14. The number of rotatable bonds is 2. The van der Waals surface area contributed by atoms with Gasteiger partial charge in [-0.1, -0.05) is 25.4 Å². The highest BCUT2D eigenvalue weighted by atomic mass is 35.5. The quantitative estimate of drug-likeness (QED) is 0.899. The number of thiophene rings is 1. The Morgan fingerprint density at radius 3 is 2.59 bits per heavy atom. The molecule has 0 saturated carbocycles. The smallest absolute Gasteiger partial charge is 0.133 e. The fraction of sp³-hybridized carbons (Fsp3) is 0.333. The first-order valence-electron chi connectivity index (χ1n) is 5.38. The standard InChI is InChI=1S/C12H14ClN3S/c1-6(2)12-15-9(7(3)11(14)16-12)10-8(13)4-5-17-10/h4-6H,1-3H3,(H2,14,15,16). The second kappa shape index (κ2) is 4.63. The maximum atomic E-state index is 6.14. The lowest BCUT2D eigenvalue weighted by molar-refractivity contribution is 0.776. The summed E-state index contributed by atoms with van der Waals surface area (Å²) in [5.74, 6) is 1.53. The Morgan fingerprint density at radius 1 is 1.35 bits per heavy atom. The zero-order valence-electron chi connectivity index (χ0n) is 9.99. The van der Waals surface area contributed by atoms with E-state index in [2.05, 4.69) is 9.97 Å². The van der Waals surface area contributed by atoms with E-state index in [1.807, 2.05) is 32.2 Å². The molecule has 0 aliphatic rings. The largest absolute Gasteiger partial charge is 0.383 e. The Labute approximate surface area is 110 Å². The van der Waals surface area contributed by atoms with Crippen LogP contribution in [0.25, 0.3) is 10.6 Å². The Bertz CT molecular complexity index is 549. The zero-order chi connectivity index (χ0) is 12.6. The third-order valence-corrected chi connectivity index (χ3v) is 3.90. The molecule has 5 heteroatoms. The van der Waals surface area contributed by atoms with Gasteiger partial charge in [0.25, 0.3) is 0 Å². The molecule has 0 fully saturated rings. The lowest BCUT2D eigenvalue weighted by atomic mass is 10.1. The van der Waals surface area contributed by atoms with Gasteiger partial charge >= 0.3 is 0 Å². The fourth-order valence-electron chi connectivity index (χ4n) is 1.49. The van der Waals surface area contributed by atoms with Gasteiger partial charge in [0.2, 0.25) is 0 Å². The molecule has 2 aromatic heterocycles. The highest BCUT2D eigenvalue weighted by Gasteiger charge is 2.15. The summed E-state index contributed by atoms with van der Waals surface area (Å²) < 4.78 is 0. The van der Waals surface area contributed by atoms with Crippen molar-refractivity contribution in [3.05, 3.63) is 27.9 Å². The van der Waals surface area contributed by atoms with Crippen molar-refractivity contribution in [1.29, 1.82) is 0 Å². The minimum atomic E-state index is 0.246. The summed E-state index contributed by atoms with van der Waals surface area (Å²) in [5.41, 5.74) is 7.66. The van der Waals surface area contributed by atoms with Crippen LogP contribution in [0.4, 0.5) is 5.82 Å². The van der Waals surface area contributed by atoms with Crippen LogP contribution < -0.4 is 5.73 Å². The molecule has 0 unspecified atom stereocenters. The predicted molar refractivity (Wildman–Crippen MR) is 73.6 cm³/mol. The fourth-order valence-corrected chi connectivity index (χ4v) is 2.69. The molecule has 0 radical (unpaired) electrons. The number of hydrogen-bond acceptors (Lipinski definition) is 4. The van der Waals surface area contributed by atoms with Crippen LogP contribution in [0.1, 0.15) is 31.2 Å². The average molecular weight is 268 g/mol. The summed E-state index contributed by atoms with van der Waals surface area (Å²) in [6, 6.07) is 1.87. The molecule has 0 saturated heterocycles. The monoisotopic (exact) mass is 267 g/mol. The van der Waals surface area contributed by atoms with Crippen molar-refractivity contribution in [2.24, 2.45) is 0 Å². The van der Waals surface area contributed by atoms with E-state index in [-0.39, 0.29) is 5.92 Å². The van der Waals surface area contributed by atoms with E-state index >= 15 is 0 Å². The number of hydrogen-bond donors (Lipinski definition) is 1. The lowest BCUT2D eigenvalue weighted by Gasteiger charge is -2.11. The summed E-state index contributed by atoms with van der Waals surface area (Å²) in [6.07, 6.45) is 0. The van der Waals surface area contributed by atoms with Gasteiger partial charge in [-0.25, -0.2) is 9.97 Å². The summed E-state index contributed by atoms with van der Waals surface area (Å²) >= 11 is 7.71. The van der Waals surface area contributed by atoms with Gasteiger partial charge in [-0.2, -0.15) is 0 Å². The molecule has 0 atom stereocenters. The molecular weight excluding hydrogens is 254 g/mol. The Morgan fingerprint density at radius 2 is 2.06 bits per heavy atom. The van der Waals surface area contributed by atoms with Gasteiger partial charge in [-0.3, -0.25) is 0 Å². The van der Waals surface area contributed by atoms with E-state index in [0.717, 1.165) is 22.0 Å². The molecule has 0 spiro atoms. The van der Waals surface area contributed by atoms with Gasteiger partial charge in [-0.05, 0) is 18.4 Å². The van der Waals surface area contributed by atoms with Crippen LogP contribution in [0.5, 0.6) is 0 Å². The summed E-state index contributed by atoms with van der Waals surface area (Å²) in [4.78, 5) is 9.83. The van der Waals surface area contributed by atoms with Crippen molar-refractivity contribution in [2.45, 2.75) is 26.7 Å². The van der Waals surface area contributed by atoms with E-state index in [0.29, 0.717) is 10.8 Å². The van der Waals surface area contributed by atoms with Crippen molar-refractivity contribution >= 4 is 28.8 Å². The van der Waals surface area contributed by atoms with Crippen LogP contribution in [-0.2, 0) is 0 Å². The van der Waals surface area contributed by atoms with Crippen molar-refractivity contribution < 1.29 is 0 Å². The van der Waals surface area contributed by atoms with Crippen molar-refractivity contribution in [2.75, 3.05) is 5.73 Å². The maximum absolute atomic E-state index is 6.14. The predicted octanol–water partition coefficient (Wildman–Crippen LogP) is 3.87. The van der Waals surface area contributed by atoms with Gasteiger partial charge in [0.1, 0.15) is 11.6 Å². The van der Waals surface area contributed by atoms with Gasteiger partial charge in [0, 0.05) is 11.5 Å². The summed E-state index contributed by atoms with van der Waals surface area (Å²) in [6.45, 7) is 6.01. The number of nitrogens with zero attached hydrogens (tertiary/aromatic N) is 2. The summed E-state index contributed by atoms with van der Waals surface area (Å²) in [7, 11) is 0. The molecule has 0 amide bonds. The maximum Gasteiger partial charge on any atom is 0.133 e. The normalized spacial score (nSPS) is 11.1. The first kappa shape index (κ1) is 12.3. The molecule has 0 aromatic carbocycles. The van der Waals surface area contributed by atoms with Crippen molar-refractivity contribution in [3.8, 4) is 10.6 Å². The topological polar surface area (TPSA) is 51.8 Å². The van der Waals surface area contributed by atoms with Crippen LogP contribution in [0.3, 0.4) is 0 Å². The molecule has 2 rings (SSSR count). The van der Waals surface area contributed by atoms with Gasteiger partial charge in [0.15, 0.2) is 0 Å². The molecule has 2 heterocycles. The van der Waals surface area contributed by atoms with Crippen molar-refractivity contribution in [3.63, 3.8) is 0 Å². The van der Waals surface area contributed by atoms with Crippen LogP contribution in [0.2, 0.25) is 5.02 Å². The second-order valence-electron chi connectivity index (χ2n) is 4.19. The Hall–Kier alpha value is -1.13. The van der Waals surface area contributed by atoms with Gasteiger partial charge in [-0.15, -0.1) is 11.3 Å². The van der Waals surface area contributed by atoms with Crippen molar-refractivity contribution in [1.82, 2.24) is 9.97 Å². The van der Waals surface area contributed by atoms with Crippen LogP contribution in [0.15, 0.2) is 11.4 Å². The van der Waals surface area contributed by atoms with E-state index < -0.39 is 0 Å². The van der Waals surface area contributed by atoms with E-state index in [9.17, 15) is 0 Å². The molecule has 2 aromatic rings.